The number of rotatable bonds is 3. The Morgan fingerprint density at radius 2 is 2.05 bits per heavy atom. The molecule has 2 nitrogen and oxygen atoms in total. The first-order chi connectivity index (χ1) is 9.02. The molecule has 3 heteroatoms. The van der Waals surface area contributed by atoms with Gasteiger partial charge in [-0.1, -0.05) is 31.5 Å². The smallest absolute Gasteiger partial charge is 0.137 e. The molecule has 2 N–H and O–H groups in total. The zero-order valence-electron chi connectivity index (χ0n) is 12.0. The molecule has 3 unspecified atom stereocenters. The second-order valence-electron chi connectivity index (χ2n) is 5.98. The van der Waals surface area contributed by atoms with Crippen molar-refractivity contribution in [1.82, 2.24) is 0 Å². The summed E-state index contributed by atoms with van der Waals surface area (Å²) in [6, 6.07) is 6.32. The summed E-state index contributed by atoms with van der Waals surface area (Å²) in [6.07, 6.45) is 3.53. The van der Waals surface area contributed by atoms with E-state index in [2.05, 4.69) is 26.0 Å². The second-order valence-corrected chi connectivity index (χ2v) is 6.39. The Morgan fingerprint density at radius 3 is 2.68 bits per heavy atom. The van der Waals surface area contributed by atoms with Crippen LogP contribution in [0, 0.1) is 11.8 Å². The molecule has 1 aliphatic rings. The van der Waals surface area contributed by atoms with E-state index in [1.54, 1.807) is 7.11 Å². The Kier molecular flexibility index (Phi) is 4.75. The fourth-order valence-corrected chi connectivity index (χ4v) is 3.32. The molecule has 1 fully saturated rings. The van der Waals surface area contributed by atoms with Crippen molar-refractivity contribution >= 4 is 11.6 Å². The molecular weight excluding hydrogens is 258 g/mol. The third-order valence-corrected chi connectivity index (χ3v) is 4.80. The molecule has 0 aromatic heterocycles. The lowest BCUT2D eigenvalue weighted by molar-refractivity contribution is 0.232. The van der Waals surface area contributed by atoms with Gasteiger partial charge in [0.25, 0.3) is 0 Å². The van der Waals surface area contributed by atoms with E-state index in [1.807, 2.05) is 6.07 Å². The Bertz CT molecular complexity index is 433. The van der Waals surface area contributed by atoms with Crippen molar-refractivity contribution in [2.75, 3.05) is 7.11 Å². The van der Waals surface area contributed by atoms with E-state index < -0.39 is 0 Å². The molecule has 3 atom stereocenters. The first kappa shape index (κ1) is 14.7. The van der Waals surface area contributed by atoms with Crippen LogP contribution in [0.1, 0.15) is 44.6 Å². The van der Waals surface area contributed by atoms with Crippen LogP contribution in [0.2, 0.25) is 5.02 Å². The van der Waals surface area contributed by atoms with Crippen molar-refractivity contribution in [2.45, 2.75) is 45.1 Å². The SMILES string of the molecule is COc1cc(C2CC(C(C)C)CCC2N)ccc1Cl. The summed E-state index contributed by atoms with van der Waals surface area (Å²) in [6.45, 7) is 4.61. The normalized spacial score (nSPS) is 27.6. The van der Waals surface area contributed by atoms with Crippen LogP contribution in [-0.4, -0.2) is 13.2 Å². The van der Waals surface area contributed by atoms with Gasteiger partial charge in [-0.15, -0.1) is 0 Å². The van der Waals surface area contributed by atoms with Crippen molar-refractivity contribution in [1.29, 1.82) is 0 Å². The quantitative estimate of drug-likeness (QED) is 0.900. The Balaban J connectivity index is 2.23. The largest absolute Gasteiger partial charge is 0.495 e. The van der Waals surface area contributed by atoms with Gasteiger partial charge in [-0.25, -0.2) is 0 Å². The summed E-state index contributed by atoms with van der Waals surface area (Å²) in [5.41, 5.74) is 7.59. The zero-order chi connectivity index (χ0) is 14.0. The molecule has 0 aliphatic heterocycles. The summed E-state index contributed by atoms with van der Waals surface area (Å²) in [5.74, 6) is 2.67. The van der Waals surface area contributed by atoms with Crippen LogP contribution >= 0.6 is 11.6 Å². The van der Waals surface area contributed by atoms with Crippen LogP contribution in [0.25, 0.3) is 0 Å². The van der Waals surface area contributed by atoms with Gasteiger partial charge in [0, 0.05) is 6.04 Å². The highest BCUT2D eigenvalue weighted by atomic mass is 35.5. The summed E-state index contributed by atoms with van der Waals surface area (Å²) >= 11 is 6.09. The number of hydrogen-bond acceptors (Lipinski definition) is 2. The van der Waals surface area contributed by atoms with Crippen LogP contribution in [-0.2, 0) is 0 Å². The fraction of sp³-hybridized carbons (Fsp3) is 0.625. The molecule has 0 bridgehead atoms. The van der Waals surface area contributed by atoms with Gasteiger partial charge >= 0.3 is 0 Å². The number of benzene rings is 1. The number of methoxy groups -OCH3 is 1. The van der Waals surface area contributed by atoms with Crippen molar-refractivity contribution in [3.05, 3.63) is 28.8 Å². The van der Waals surface area contributed by atoms with Crippen LogP contribution < -0.4 is 10.5 Å². The van der Waals surface area contributed by atoms with Crippen molar-refractivity contribution in [3.63, 3.8) is 0 Å². The fourth-order valence-electron chi connectivity index (χ4n) is 3.12. The molecule has 19 heavy (non-hydrogen) atoms. The highest BCUT2D eigenvalue weighted by molar-refractivity contribution is 6.32. The maximum atomic E-state index is 6.33. The van der Waals surface area contributed by atoms with Gasteiger partial charge in [-0.2, -0.15) is 0 Å². The zero-order valence-corrected chi connectivity index (χ0v) is 12.8. The monoisotopic (exact) mass is 281 g/mol. The number of halogens is 1. The molecule has 1 aromatic carbocycles. The predicted molar refractivity (Wildman–Crippen MR) is 80.9 cm³/mol. The lowest BCUT2D eigenvalue weighted by Gasteiger charge is -2.36. The highest BCUT2D eigenvalue weighted by Crippen LogP contribution is 2.40. The van der Waals surface area contributed by atoms with Gasteiger partial charge in [0.1, 0.15) is 5.75 Å². The molecular formula is C16H24ClNO. The molecule has 0 saturated heterocycles. The lowest BCUT2D eigenvalue weighted by atomic mass is 9.71. The minimum Gasteiger partial charge on any atom is -0.495 e. The van der Waals surface area contributed by atoms with Crippen molar-refractivity contribution in [2.24, 2.45) is 17.6 Å². The van der Waals surface area contributed by atoms with Crippen LogP contribution in [0.3, 0.4) is 0 Å². The number of hydrogen-bond donors (Lipinski definition) is 1. The Morgan fingerprint density at radius 1 is 1.32 bits per heavy atom. The van der Waals surface area contributed by atoms with Gasteiger partial charge in [-0.3, -0.25) is 0 Å². The minimum atomic E-state index is 0.251. The molecule has 0 spiro atoms. The van der Waals surface area contributed by atoms with Gasteiger partial charge in [0.2, 0.25) is 0 Å². The average molecular weight is 282 g/mol. The van der Waals surface area contributed by atoms with Crippen LogP contribution in [0.4, 0.5) is 0 Å². The van der Waals surface area contributed by atoms with E-state index >= 15 is 0 Å². The van der Waals surface area contributed by atoms with E-state index in [9.17, 15) is 0 Å². The van der Waals surface area contributed by atoms with Crippen molar-refractivity contribution < 1.29 is 4.74 Å². The Hall–Kier alpha value is -0.730. The van der Waals surface area contributed by atoms with Crippen LogP contribution in [0.15, 0.2) is 18.2 Å². The van der Waals surface area contributed by atoms with Gasteiger partial charge in [0.05, 0.1) is 12.1 Å². The third-order valence-electron chi connectivity index (χ3n) is 4.49. The molecule has 1 aromatic rings. The summed E-state index contributed by atoms with van der Waals surface area (Å²) < 4.78 is 5.31. The van der Waals surface area contributed by atoms with Crippen molar-refractivity contribution in [3.8, 4) is 5.75 Å². The number of ether oxygens (including phenoxy) is 1. The van der Waals surface area contributed by atoms with Gasteiger partial charge in [0.15, 0.2) is 0 Å². The van der Waals surface area contributed by atoms with Crippen LogP contribution in [0.5, 0.6) is 5.75 Å². The minimum absolute atomic E-state index is 0.251. The first-order valence-corrected chi connectivity index (χ1v) is 7.49. The average Bonchev–Trinajstić information content (AvgIpc) is 2.40. The maximum absolute atomic E-state index is 6.33. The van der Waals surface area contributed by atoms with Gasteiger partial charge < -0.3 is 10.5 Å². The highest BCUT2D eigenvalue weighted by Gasteiger charge is 2.31. The van der Waals surface area contributed by atoms with E-state index in [4.69, 9.17) is 22.1 Å². The predicted octanol–water partition coefficient (Wildman–Crippen LogP) is 4.22. The van der Waals surface area contributed by atoms with E-state index in [0.29, 0.717) is 10.9 Å². The standard InChI is InChI=1S/C16H24ClNO/c1-10(2)11-5-7-15(18)13(8-11)12-4-6-14(17)16(9-12)19-3/h4,6,9-11,13,15H,5,7-8,18H2,1-3H3. The molecule has 1 saturated carbocycles. The lowest BCUT2D eigenvalue weighted by Crippen LogP contribution is -2.35. The summed E-state index contributed by atoms with van der Waals surface area (Å²) in [5, 5.41) is 0.663. The molecule has 2 rings (SSSR count). The molecule has 0 heterocycles. The molecule has 0 amide bonds. The third kappa shape index (κ3) is 3.24. The Labute approximate surface area is 121 Å². The molecule has 106 valence electrons. The summed E-state index contributed by atoms with van der Waals surface area (Å²) in [4.78, 5) is 0. The van der Waals surface area contributed by atoms with E-state index in [1.165, 1.54) is 18.4 Å². The topological polar surface area (TPSA) is 35.2 Å². The van der Waals surface area contributed by atoms with E-state index in [-0.39, 0.29) is 6.04 Å². The first-order valence-electron chi connectivity index (χ1n) is 7.12. The number of nitrogens with two attached hydrogens (primary N) is 1. The van der Waals surface area contributed by atoms with Gasteiger partial charge in [-0.05, 0) is 54.7 Å². The molecule has 1 aliphatic carbocycles. The molecule has 0 radical (unpaired) electrons. The summed E-state index contributed by atoms with van der Waals surface area (Å²) in [7, 11) is 1.66. The second kappa shape index (κ2) is 6.15. The maximum Gasteiger partial charge on any atom is 0.137 e. The van der Waals surface area contributed by atoms with E-state index in [0.717, 1.165) is 24.0 Å².